The van der Waals surface area contributed by atoms with Crippen molar-refractivity contribution in [3.05, 3.63) is 64.4 Å². The average Bonchev–Trinajstić information content (AvgIpc) is 3.48. The fourth-order valence-corrected chi connectivity index (χ4v) is 3.73. The van der Waals surface area contributed by atoms with Gasteiger partial charge in [0, 0.05) is 22.3 Å². The summed E-state index contributed by atoms with van der Waals surface area (Å²) in [7, 11) is 0. The van der Waals surface area contributed by atoms with Crippen molar-refractivity contribution >= 4 is 40.9 Å². The maximum Gasteiger partial charge on any atom is 0.234 e. The van der Waals surface area contributed by atoms with Crippen LogP contribution in [0.4, 0.5) is 10.1 Å². The summed E-state index contributed by atoms with van der Waals surface area (Å²) in [6, 6.07) is 12.2. The summed E-state index contributed by atoms with van der Waals surface area (Å²) >= 11 is 7.35. The highest BCUT2D eigenvalue weighted by atomic mass is 35.5. The van der Waals surface area contributed by atoms with E-state index < -0.39 is 5.82 Å². The van der Waals surface area contributed by atoms with Crippen LogP contribution in [0.3, 0.4) is 0 Å². The van der Waals surface area contributed by atoms with Crippen molar-refractivity contribution in [1.82, 2.24) is 4.90 Å². The number of thioether (sulfide) groups is 1. The summed E-state index contributed by atoms with van der Waals surface area (Å²) in [5, 5.41) is 3.13. The van der Waals surface area contributed by atoms with E-state index >= 15 is 0 Å². The number of hydrogen-bond donors (Lipinski definition) is 1. The maximum atomic E-state index is 14.1. The molecule has 148 valence electrons. The summed E-state index contributed by atoms with van der Waals surface area (Å²) in [5.74, 6) is -0.314. The molecular formula is C21H22ClFN2O2S. The van der Waals surface area contributed by atoms with Gasteiger partial charge in [-0.25, -0.2) is 4.39 Å². The van der Waals surface area contributed by atoms with Crippen molar-refractivity contribution in [2.24, 2.45) is 0 Å². The van der Waals surface area contributed by atoms with E-state index in [1.165, 1.54) is 17.8 Å². The fourth-order valence-electron chi connectivity index (χ4n) is 2.81. The molecule has 0 heterocycles. The smallest absolute Gasteiger partial charge is 0.234 e. The Morgan fingerprint density at radius 2 is 1.89 bits per heavy atom. The highest BCUT2D eigenvalue weighted by Gasteiger charge is 2.33. The number of carbonyl (C=O) groups is 2. The molecule has 3 rings (SSSR count). The lowest BCUT2D eigenvalue weighted by atomic mass is 10.2. The normalized spacial score (nSPS) is 13.2. The number of benzene rings is 2. The number of hydrogen-bond acceptors (Lipinski definition) is 3. The van der Waals surface area contributed by atoms with Crippen LogP contribution >= 0.6 is 23.4 Å². The van der Waals surface area contributed by atoms with Crippen LogP contribution in [0.25, 0.3) is 0 Å². The molecule has 7 heteroatoms. The molecule has 1 N–H and O–H groups in total. The predicted molar refractivity (Wildman–Crippen MR) is 112 cm³/mol. The van der Waals surface area contributed by atoms with E-state index in [-0.39, 0.29) is 35.9 Å². The fraction of sp³-hybridized carbons (Fsp3) is 0.333. The zero-order valence-electron chi connectivity index (χ0n) is 15.6. The minimum absolute atomic E-state index is 0.102. The number of anilines is 1. The second kappa shape index (κ2) is 9.43. The summed E-state index contributed by atoms with van der Waals surface area (Å²) in [6.07, 6.45) is 1.83. The van der Waals surface area contributed by atoms with Gasteiger partial charge in [0.05, 0.1) is 18.1 Å². The van der Waals surface area contributed by atoms with Gasteiger partial charge >= 0.3 is 0 Å². The molecule has 1 saturated carbocycles. The van der Waals surface area contributed by atoms with E-state index in [1.54, 1.807) is 17.0 Å². The lowest BCUT2D eigenvalue weighted by Gasteiger charge is -2.23. The summed E-state index contributed by atoms with van der Waals surface area (Å²) in [6.45, 7) is 2.14. The third-order valence-corrected chi connectivity index (χ3v) is 5.76. The van der Waals surface area contributed by atoms with E-state index in [0.29, 0.717) is 10.6 Å². The Kier molecular flexibility index (Phi) is 6.97. The van der Waals surface area contributed by atoms with Gasteiger partial charge in [-0.05, 0) is 44.0 Å². The van der Waals surface area contributed by atoms with Gasteiger partial charge in [-0.1, -0.05) is 35.4 Å². The van der Waals surface area contributed by atoms with Crippen molar-refractivity contribution in [1.29, 1.82) is 0 Å². The zero-order valence-corrected chi connectivity index (χ0v) is 17.2. The molecule has 28 heavy (non-hydrogen) atoms. The van der Waals surface area contributed by atoms with E-state index in [9.17, 15) is 14.0 Å². The van der Waals surface area contributed by atoms with Gasteiger partial charge in [0.25, 0.3) is 0 Å². The Bertz CT molecular complexity index is 836. The van der Waals surface area contributed by atoms with Gasteiger partial charge in [-0.3, -0.25) is 9.59 Å². The summed E-state index contributed by atoms with van der Waals surface area (Å²) in [5.41, 5.74) is 2.19. The minimum atomic E-state index is -0.406. The second-order valence-electron chi connectivity index (χ2n) is 6.86. The maximum absolute atomic E-state index is 14.1. The SMILES string of the molecule is Cc1ccc(NC(=O)CSCC(=O)N(Cc2c(F)cccc2Cl)C2CC2)cc1. The largest absolute Gasteiger partial charge is 0.335 e. The monoisotopic (exact) mass is 420 g/mol. The van der Waals surface area contributed by atoms with Gasteiger partial charge in [0.1, 0.15) is 5.82 Å². The highest BCUT2D eigenvalue weighted by Crippen LogP contribution is 2.31. The van der Waals surface area contributed by atoms with Crippen LogP contribution in [0.1, 0.15) is 24.0 Å². The molecule has 2 aromatic carbocycles. The Morgan fingerprint density at radius 3 is 2.54 bits per heavy atom. The molecule has 0 radical (unpaired) electrons. The first-order valence-electron chi connectivity index (χ1n) is 9.10. The van der Waals surface area contributed by atoms with Crippen molar-refractivity contribution < 1.29 is 14.0 Å². The Balaban J connectivity index is 1.50. The third-order valence-electron chi connectivity index (χ3n) is 4.49. The molecule has 0 atom stereocenters. The molecule has 2 amide bonds. The topological polar surface area (TPSA) is 49.4 Å². The first-order valence-corrected chi connectivity index (χ1v) is 10.6. The lowest BCUT2D eigenvalue weighted by Crippen LogP contribution is -2.34. The number of nitrogens with zero attached hydrogens (tertiary/aromatic N) is 1. The van der Waals surface area contributed by atoms with Crippen LogP contribution < -0.4 is 5.32 Å². The lowest BCUT2D eigenvalue weighted by molar-refractivity contribution is -0.129. The van der Waals surface area contributed by atoms with Crippen LogP contribution in [0.15, 0.2) is 42.5 Å². The molecule has 0 saturated heterocycles. The van der Waals surface area contributed by atoms with Crippen molar-refractivity contribution in [3.63, 3.8) is 0 Å². The molecule has 0 unspecified atom stereocenters. The quantitative estimate of drug-likeness (QED) is 0.676. The Labute approximate surface area is 173 Å². The van der Waals surface area contributed by atoms with Crippen LogP contribution in [-0.2, 0) is 16.1 Å². The molecular weight excluding hydrogens is 399 g/mol. The standard InChI is InChI=1S/C21H22ClFN2O2S/c1-14-5-7-15(8-6-14)24-20(26)12-28-13-21(27)25(16-9-10-16)11-17-18(22)3-2-4-19(17)23/h2-8,16H,9-13H2,1H3,(H,24,26). The molecule has 4 nitrogen and oxygen atoms in total. The molecule has 2 aromatic rings. The molecule has 0 spiro atoms. The zero-order chi connectivity index (χ0) is 20.1. The number of aryl methyl sites for hydroxylation is 1. The minimum Gasteiger partial charge on any atom is -0.335 e. The molecule has 0 bridgehead atoms. The van der Waals surface area contributed by atoms with E-state index in [4.69, 9.17) is 11.6 Å². The van der Waals surface area contributed by atoms with Gasteiger partial charge in [0.15, 0.2) is 0 Å². The summed E-state index contributed by atoms with van der Waals surface area (Å²) < 4.78 is 14.1. The van der Waals surface area contributed by atoms with Crippen molar-refractivity contribution in [2.75, 3.05) is 16.8 Å². The van der Waals surface area contributed by atoms with Gasteiger partial charge < -0.3 is 10.2 Å². The molecule has 1 aliphatic rings. The molecule has 0 aromatic heterocycles. The average molecular weight is 421 g/mol. The first-order chi connectivity index (χ1) is 13.4. The molecule has 1 aliphatic carbocycles. The number of rotatable bonds is 8. The van der Waals surface area contributed by atoms with Crippen molar-refractivity contribution in [2.45, 2.75) is 32.4 Å². The molecule has 0 aliphatic heterocycles. The Hall–Kier alpha value is -2.05. The van der Waals surface area contributed by atoms with Gasteiger partial charge in [0.2, 0.25) is 11.8 Å². The Morgan fingerprint density at radius 1 is 1.18 bits per heavy atom. The van der Waals surface area contributed by atoms with Gasteiger partial charge in [-0.15, -0.1) is 11.8 Å². The molecule has 1 fully saturated rings. The number of carbonyl (C=O) groups excluding carboxylic acids is 2. The summed E-state index contributed by atoms with van der Waals surface area (Å²) in [4.78, 5) is 26.4. The van der Waals surface area contributed by atoms with Crippen LogP contribution in [0, 0.1) is 12.7 Å². The van der Waals surface area contributed by atoms with Gasteiger partial charge in [-0.2, -0.15) is 0 Å². The highest BCUT2D eigenvalue weighted by molar-refractivity contribution is 8.00. The number of nitrogens with one attached hydrogen (secondary N) is 1. The first kappa shape index (κ1) is 20.7. The van der Waals surface area contributed by atoms with Crippen LogP contribution in [0.5, 0.6) is 0 Å². The van der Waals surface area contributed by atoms with E-state index in [1.807, 2.05) is 31.2 Å². The third kappa shape index (κ3) is 5.72. The number of halogens is 2. The van der Waals surface area contributed by atoms with Crippen LogP contribution in [0.2, 0.25) is 5.02 Å². The predicted octanol–water partition coefficient (Wildman–Crippen LogP) is 4.65. The van der Waals surface area contributed by atoms with Crippen molar-refractivity contribution in [3.8, 4) is 0 Å². The number of amides is 2. The van der Waals surface area contributed by atoms with Crippen LogP contribution in [-0.4, -0.2) is 34.3 Å². The van der Waals surface area contributed by atoms with E-state index in [0.717, 1.165) is 24.1 Å². The second-order valence-corrected chi connectivity index (χ2v) is 8.25. The van der Waals surface area contributed by atoms with E-state index in [2.05, 4.69) is 5.32 Å².